The molecule has 4 rings (SSSR count). The van der Waals surface area contributed by atoms with E-state index >= 15 is 0 Å². The standard InChI is InChI=1S/C15H20N6O/c1-7-8-3-2-4-9(8)18-14-12(7)13(16)20-15(21-14)19-10-5-17-6-11(10)22/h10-11,17,22H,2-6H2,1H3,(H3,16,18,19,20,21). The predicted octanol–water partition coefficient (Wildman–Crippen LogP) is 0.149. The molecule has 1 aliphatic carbocycles. The quantitative estimate of drug-likeness (QED) is 0.625. The first-order chi connectivity index (χ1) is 10.6. The second-order valence-corrected chi connectivity index (χ2v) is 6.12. The van der Waals surface area contributed by atoms with Gasteiger partial charge in [0.2, 0.25) is 5.95 Å². The third-order valence-corrected chi connectivity index (χ3v) is 4.67. The van der Waals surface area contributed by atoms with E-state index in [4.69, 9.17) is 5.73 Å². The third-order valence-electron chi connectivity index (χ3n) is 4.67. The van der Waals surface area contributed by atoms with Gasteiger partial charge in [-0.2, -0.15) is 9.97 Å². The average Bonchev–Trinajstić information content (AvgIpc) is 3.08. The molecule has 0 spiro atoms. The molecular formula is C15H20N6O. The van der Waals surface area contributed by atoms with Crippen LogP contribution in [0.4, 0.5) is 11.8 Å². The van der Waals surface area contributed by atoms with E-state index in [0.717, 1.165) is 35.9 Å². The van der Waals surface area contributed by atoms with Crippen molar-refractivity contribution < 1.29 is 5.11 Å². The number of rotatable bonds is 2. The minimum atomic E-state index is -0.449. The molecule has 1 saturated heterocycles. The van der Waals surface area contributed by atoms with E-state index in [1.54, 1.807) is 0 Å². The summed E-state index contributed by atoms with van der Waals surface area (Å²) in [6, 6.07) is -0.104. The second kappa shape index (κ2) is 5.03. The van der Waals surface area contributed by atoms with Crippen LogP contribution in [0, 0.1) is 6.92 Å². The number of nitrogens with two attached hydrogens (primary N) is 1. The maximum Gasteiger partial charge on any atom is 0.227 e. The first-order valence-corrected chi connectivity index (χ1v) is 7.74. The summed E-state index contributed by atoms with van der Waals surface area (Å²) in [5.41, 5.74) is 10.4. The zero-order chi connectivity index (χ0) is 15.3. The Morgan fingerprint density at radius 3 is 2.86 bits per heavy atom. The van der Waals surface area contributed by atoms with Crippen LogP contribution in [-0.2, 0) is 12.8 Å². The Bertz CT molecular complexity index is 747. The number of nitrogen functional groups attached to an aromatic ring is 1. The molecular weight excluding hydrogens is 280 g/mol. The third kappa shape index (κ3) is 2.08. The molecule has 0 radical (unpaired) electrons. The van der Waals surface area contributed by atoms with Crippen molar-refractivity contribution in [3.63, 3.8) is 0 Å². The van der Waals surface area contributed by atoms with Crippen LogP contribution in [0.3, 0.4) is 0 Å². The monoisotopic (exact) mass is 300 g/mol. The molecule has 0 bridgehead atoms. The average molecular weight is 300 g/mol. The van der Waals surface area contributed by atoms with Crippen LogP contribution in [0.5, 0.6) is 0 Å². The summed E-state index contributed by atoms with van der Waals surface area (Å²) in [6.07, 6.45) is 2.75. The normalized spacial score (nSPS) is 23.9. The molecule has 1 aliphatic heterocycles. The van der Waals surface area contributed by atoms with E-state index in [1.165, 1.54) is 5.56 Å². The number of aromatic nitrogens is 3. The van der Waals surface area contributed by atoms with Crippen molar-refractivity contribution in [3.8, 4) is 0 Å². The molecule has 0 saturated carbocycles. The Balaban J connectivity index is 1.78. The van der Waals surface area contributed by atoms with Crippen LogP contribution in [0.25, 0.3) is 11.0 Å². The number of hydrogen-bond acceptors (Lipinski definition) is 7. The summed E-state index contributed by atoms with van der Waals surface area (Å²) < 4.78 is 0. The zero-order valence-corrected chi connectivity index (χ0v) is 12.6. The maximum atomic E-state index is 9.88. The highest BCUT2D eigenvalue weighted by Crippen LogP contribution is 2.31. The van der Waals surface area contributed by atoms with Gasteiger partial charge in [-0.1, -0.05) is 0 Å². The number of nitrogens with zero attached hydrogens (tertiary/aromatic N) is 3. The van der Waals surface area contributed by atoms with Gasteiger partial charge >= 0.3 is 0 Å². The van der Waals surface area contributed by atoms with E-state index in [0.29, 0.717) is 30.5 Å². The van der Waals surface area contributed by atoms with E-state index < -0.39 is 6.10 Å². The van der Waals surface area contributed by atoms with Crippen LogP contribution >= 0.6 is 0 Å². The predicted molar refractivity (Wildman–Crippen MR) is 84.8 cm³/mol. The zero-order valence-electron chi connectivity index (χ0n) is 12.6. The fraction of sp³-hybridized carbons (Fsp3) is 0.533. The lowest BCUT2D eigenvalue weighted by Gasteiger charge is -2.16. The van der Waals surface area contributed by atoms with Crippen molar-refractivity contribution in [3.05, 3.63) is 16.8 Å². The van der Waals surface area contributed by atoms with Gasteiger partial charge in [-0.05, 0) is 37.3 Å². The number of aliphatic hydroxyl groups is 1. The second-order valence-electron chi connectivity index (χ2n) is 6.12. The van der Waals surface area contributed by atoms with Gasteiger partial charge in [0, 0.05) is 18.8 Å². The number of pyridine rings is 1. The van der Waals surface area contributed by atoms with Crippen molar-refractivity contribution >= 4 is 22.8 Å². The molecule has 5 N–H and O–H groups in total. The molecule has 7 heteroatoms. The van der Waals surface area contributed by atoms with Gasteiger partial charge in [-0.3, -0.25) is 0 Å². The first kappa shape index (κ1) is 13.7. The lowest BCUT2D eigenvalue weighted by atomic mass is 10.1. The molecule has 116 valence electrons. The van der Waals surface area contributed by atoms with E-state index in [2.05, 4.69) is 32.5 Å². The smallest absolute Gasteiger partial charge is 0.227 e. The van der Waals surface area contributed by atoms with Crippen molar-refractivity contribution in [2.45, 2.75) is 38.3 Å². The Hall–Kier alpha value is -1.99. The number of aryl methyl sites for hydroxylation is 2. The van der Waals surface area contributed by atoms with Crippen LogP contribution in [-0.4, -0.2) is 45.3 Å². The molecule has 2 aliphatic rings. The maximum absolute atomic E-state index is 9.88. The fourth-order valence-corrected chi connectivity index (χ4v) is 3.48. The Labute approximate surface area is 128 Å². The van der Waals surface area contributed by atoms with E-state index in [9.17, 15) is 5.11 Å². The van der Waals surface area contributed by atoms with Crippen LogP contribution in [0.2, 0.25) is 0 Å². The van der Waals surface area contributed by atoms with Gasteiger partial charge in [0.25, 0.3) is 0 Å². The van der Waals surface area contributed by atoms with Gasteiger partial charge in [0.1, 0.15) is 5.82 Å². The van der Waals surface area contributed by atoms with E-state index in [1.807, 2.05) is 0 Å². The van der Waals surface area contributed by atoms with Crippen LogP contribution < -0.4 is 16.4 Å². The number of β-amino-alcohol motifs (C(OH)–C–C–N with tert-alkyl or cyclic N) is 1. The summed E-state index contributed by atoms with van der Waals surface area (Å²) in [5.74, 6) is 0.884. The summed E-state index contributed by atoms with van der Waals surface area (Å²) in [7, 11) is 0. The number of hydrogen-bond donors (Lipinski definition) is 4. The number of aliphatic hydroxyl groups excluding tert-OH is 1. The Kier molecular flexibility index (Phi) is 3.12. The topological polar surface area (TPSA) is 109 Å². The highest BCUT2D eigenvalue weighted by molar-refractivity contribution is 5.90. The van der Waals surface area contributed by atoms with Gasteiger partial charge in [0.15, 0.2) is 5.65 Å². The van der Waals surface area contributed by atoms with Gasteiger partial charge in [-0.25, -0.2) is 4.98 Å². The molecule has 2 unspecified atom stereocenters. The molecule has 7 nitrogen and oxygen atoms in total. The van der Waals surface area contributed by atoms with Gasteiger partial charge in [-0.15, -0.1) is 0 Å². The van der Waals surface area contributed by atoms with Crippen molar-refractivity contribution in [1.29, 1.82) is 0 Å². The molecule has 0 amide bonds. The first-order valence-electron chi connectivity index (χ1n) is 7.74. The molecule has 1 fully saturated rings. The lowest BCUT2D eigenvalue weighted by Crippen LogP contribution is -2.32. The van der Waals surface area contributed by atoms with Crippen molar-refractivity contribution in [2.75, 3.05) is 24.1 Å². The number of fused-ring (bicyclic) bond motifs is 2. The minimum absolute atomic E-state index is 0.104. The minimum Gasteiger partial charge on any atom is -0.390 e. The number of nitrogens with one attached hydrogen (secondary N) is 2. The number of anilines is 2. The molecule has 2 aromatic heterocycles. The summed E-state index contributed by atoms with van der Waals surface area (Å²) in [6.45, 7) is 3.33. The summed E-state index contributed by atoms with van der Waals surface area (Å²) >= 11 is 0. The van der Waals surface area contributed by atoms with Crippen molar-refractivity contribution in [2.24, 2.45) is 0 Å². The fourth-order valence-electron chi connectivity index (χ4n) is 3.48. The molecule has 0 aromatic carbocycles. The SMILES string of the molecule is Cc1c2c(nc3nc(NC4CNCC4O)nc(N)c13)CCC2. The van der Waals surface area contributed by atoms with Gasteiger partial charge < -0.3 is 21.5 Å². The molecule has 2 atom stereocenters. The highest BCUT2D eigenvalue weighted by atomic mass is 16.3. The van der Waals surface area contributed by atoms with E-state index in [-0.39, 0.29) is 6.04 Å². The lowest BCUT2D eigenvalue weighted by molar-refractivity contribution is 0.185. The van der Waals surface area contributed by atoms with Gasteiger partial charge in [0.05, 0.1) is 17.5 Å². The Morgan fingerprint density at radius 1 is 1.23 bits per heavy atom. The Morgan fingerprint density at radius 2 is 2.09 bits per heavy atom. The molecule has 22 heavy (non-hydrogen) atoms. The summed E-state index contributed by atoms with van der Waals surface area (Å²) in [4.78, 5) is 13.6. The van der Waals surface area contributed by atoms with Crippen molar-refractivity contribution in [1.82, 2.24) is 20.3 Å². The van der Waals surface area contributed by atoms with Crippen LogP contribution in [0.1, 0.15) is 23.2 Å². The van der Waals surface area contributed by atoms with Crippen LogP contribution in [0.15, 0.2) is 0 Å². The molecule has 2 aromatic rings. The largest absolute Gasteiger partial charge is 0.390 e. The highest BCUT2D eigenvalue weighted by Gasteiger charge is 2.26. The summed E-state index contributed by atoms with van der Waals surface area (Å²) in [5, 5.41) is 17.0. The molecule has 3 heterocycles.